The van der Waals surface area contributed by atoms with Crippen LogP contribution >= 0.6 is 11.3 Å². The maximum atomic E-state index is 12.2. The first-order valence-corrected chi connectivity index (χ1v) is 8.87. The van der Waals surface area contributed by atoms with Gasteiger partial charge in [0.15, 0.2) is 5.13 Å². The van der Waals surface area contributed by atoms with Gasteiger partial charge in [0.05, 0.1) is 10.6 Å². The first-order valence-electron chi connectivity index (χ1n) is 8.06. The van der Waals surface area contributed by atoms with Gasteiger partial charge < -0.3 is 15.5 Å². The molecule has 0 spiro atoms. The van der Waals surface area contributed by atoms with Gasteiger partial charge in [-0.15, -0.1) is 11.3 Å². The number of non-ortho nitro benzene ring substituents is 1. The van der Waals surface area contributed by atoms with Gasteiger partial charge in [0, 0.05) is 48.4 Å². The molecule has 3 rings (SSSR count). The largest absolute Gasteiger partial charge is 0.337 e. The molecule has 0 saturated heterocycles. The zero-order chi connectivity index (χ0) is 19.4. The first kappa shape index (κ1) is 18.5. The molecule has 138 valence electrons. The Morgan fingerprint density at radius 2 is 2.33 bits per heavy atom. The smallest absolute Gasteiger partial charge is 0.271 e. The van der Waals surface area contributed by atoms with E-state index in [1.54, 1.807) is 0 Å². The molecule has 0 atom stereocenters. The summed E-state index contributed by atoms with van der Waals surface area (Å²) in [7, 11) is 2.04. The van der Waals surface area contributed by atoms with Crippen LogP contribution in [0.2, 0.25) is 0 Å². The molecule has 1 aliphatic heterocycles. The fourth-order valence-corrected chi connectivity index (χ4v) is 3.62. The summed E-state index contributed by atoms with van der Waals surface area (Å²) in [6.07, 6.45) is 2.16. The maximum absolute atomic E-state index is 12.2. The molecular formula is C17H16N6O3S. The minimum Gasteiger partial charge on any atom is -0.337 e. The van der Waals surface area contributed by atoms with Gasteiger partial charge in [-0.3, -0.25) is 14.9 Å². The SMILES string of the molecule is CN1CCc2nc(N/C=C(/C#N)C(=O)Nc3cccc([N+](=O)[O-])c3)sc2C1. The van der Waals surface area contributed by atoms with Gasteiger partial charge >= 0.3 is 0 Å². The third-order valence-corrected chi connectivity index (χ3v) is 4.96. The molecular weight excluding hydrogens is 368 g/mol. The number of amides is 1. The topological polar surface area (TPSA) is 124 Å². The summed E-state index contributed by atoms with van der Waals surface area (Å²) in [5.41, 5.74) is 0.968. The summed E-state index contributed by atoms with van der Waals surface area (Å²) in [5, 5.41) is 26.0. The Balaban J connectivity index is 1.69. The number of nitrogens with one attached hydrogen (secondary N) is 2. The van der Waals surface area contributed by atoms with Crippen molar-refractivity contribution in [2.45, 2.75) is 13.0 Å². The van der Waals surface area contributed by atoms with Crippen molar-refractivity contribution in [3.63, 3.8) is 0 Å². The fourth-order valence-electron chi connectivity index (χ4n) is 2.56. The minimum absolute atomic E-state index is 0.147. The molecule has 0 aliphatic carbocycles. The molecule has 27 heavy (non-hydrogen) atoms. The van der Waals surface area contributed by atoms with Crippen LogP contribution in [0.4, 0.5) is 16.5 Å². The van der Waals surface area contributed by atoms with Crippen LogP contribution in [-0.2, 0) is 17.8 Å². The van der Waals surface area contributed by atoms with Crippen LogP contribution < -0.4 is 10.6 Å². The Morgan fingerprint density at radius 1 is 1.52 bits per heavy atom. The van der Waals surface area contributed by atoms with Gasteiger partial charge in [-0.05, 0) is 13.1 Å². The van der Waals surface area contributed by atoms with Crippen molar-refractivity contribution in [2.75, 3.05) is 24.2 Å². The van der Waals surface area contributed by atoms with Crippen LogP contribution in [0.3, 0.4) is 0 Å². The molecule has 1 aliphatic rings. The third-order valence-electron chi connectivity index (χ3n) is 3.94. The highest BCUT2D eigenvalue weighted by Crippen LogP contribution is 2.27. The number of hydrogen-bond donors (Lipinski definition) is 2. The molecule has 0 saturated carbocycles. The Hall–Kier alpha value is -3.29. The third kappa shape index (κ3) is 4.46. The molecule has 9 nitrogen and oxygen atoms in total. The number of aromatic nitrogens is 1. The Kier molecular flexibility index (Phi) is 5.44. The van der Waals surface area contributed by atoms with Crippen molar-refractivity contribution in [1.29, 1.82) is 5.26 Å². The van der Waals surface area contributed by atoms with Crippen LogP contribution in [0.25, 0.3) is 0 Å². The standard InChI is InChI=1S/C17H16N6O3S/c1-22-6-5-14-15(10-22)27-17(21-14)19-9-11(8-18)16(24)20-12-3-2-4-13(7-12)23(25)26/h2-4,7,9H,5-6,10H2,1H3,(H,19,21)(H,20,24)/b11-9-. The number of anilines is 2. The highest BCUT2D eigenvalue weighted by molar-refractivity contribution is 7.15. The van der Waals surface area contributed by atoms with Crippen molar-refractivity contribution < 1.29 is 9.72 Å². The van der Waals surface area contributed by atoms with E-state index in [0.717, 1.165) is 25.2 Å². The lowest BCUT2D eigenvalue weighted by molar-refractivity contribution is -0.384. The monoisotopic (exact) mass is 384 g/mol. The average molecular weight is 384 g/mol. The van der Waals surface area contributed by atoms with Gasteiger partial charge in [-0.2, -0.15) is 5.26 Å². The lowest BCUT2D eigenvalue weighted by Crippen LogP contribution is -2.25. The van der Waals surface area contributed by atoms with Crippen molar-refractivity contribution in [3.05, 3.63) is 56.7 Å². The van der Waals surface area contributed by atoms with Gasteiger partial charge in [-0.25, -0.2) is 4.98 Å². The van der Waals surface area contributed by atoms with Crippen LogP contribution in [0.15, 0.2) is 36.0 Å². The van der Waals surface area contributed by atoms with Gasteiger partial charge in [0.1, 0.15) is 11.6 Å². The first-order chi connectivity index (χ1) is 13.0. The highest BCUT2D eigenvalue weighted by Gasteiger charge is 2.18. The van der Waals surface area contributed by atoms with E-state index < -0.39 is 10.8 Å². The zero-order valence-electron chi connectivity index (χ0n) is 14.4. The van der Waals surface area contributed by atoms with Crippen LogP contribution in [0.5, 0.6) is 0 Å². The number of benzene rings is 1. The van der Waals surface area contributed by atoms with E-state index >= 15 is 0 Å². The second kappa shape index (κ2) is 7.94. The summed E-state index contributed by atoms with van der Waals surface area (Å²) in [6, 6.07) is 7.34. The minimum atomic E-state index is -0.661. The fraction of sp³-hybridized carbons (Fsp3) is 0.235. The number of thiazole rings is 1. The van der Waals surface area contributed by atoms with E-state index in [-0.39, 0.29) is 16.9 Å². The summed E-state index contributed by atoms with van der Waals surface area (Å²) >= 11 is 1.49. The average Bonchev–Trinajstić information content (AvgIpc) is 3.04. The summed E-state index contributed by atoms with van der Waals surface area (Å²) in [5.74, 6) is -0.661. The van der Waals surface area contributed by atoms with E-state index in [4.69, 9.17) is 0 Å². The molecule has 0 bridgehead atoms. The molecule has 10 heteroatoms. The van der Waals surface area contributed by atoms with Crippen molar-refractivity contribution in [2.24, 2.45) is 0 Å². The van der Waals surface area contributed by atoms with Gasteiger partial charge in [0.25, 0.3) is 11.6 Å². The van der Waals surface area contributed by atoms with E-state index in [1.807, 2.05) is 13.1 Å². The lowest BCUT2D eigenvalue weighted by Gasteiger charge is -2.20. The number of fused-ring (bicyclic) bond motifs is 1. The molecule has 2 aromatic rings. The number of hydrogen-bond acceptors (Lipinski definition) is 8. The van der Waals surface area contributed by atoms with Crippen LogP contribution in [0, 0.1) is 21.4 Å². The van der Waals surface area contributed by atoms with Crippen LogP contribution in [-0.4, -0.2) is 34.3 Å². The Labute approximate surface area is 159 Å². The van der Waals surface area contributed by atoms with Crippen molar-refractivity contribution >= 4 is 33.8 Å². The second-order valence-electron chi connectivity index (χ2n) is 5.95. The molecule has 1 amide bonds. The number of nitro benzene ring substituents is 1. The second-order valence-corrected chi connectivity index (χ2v) is 7.04. The molecule has 1 aromatic heterocycles. The van der Waals surface area contributed by atoms with E-state index in [9.17, 15) is 20.2 Å². The summed E-state index contributed by atoms with van der Waals surface area (Å²) in [4.78, 5) is 30.3. The highest BCUT2D eigenvalue weighted by atomic mass is 32.1. The number of rotatable bonds is 5. The molecule has 1 aromatic carbocycles. The number of nitriles is 1. The zero-order valence-corrected chi connectivity index (χ0v) is 15.2. The van der Waals surface area contributed by atoms with Gasteiger partial charge in [-0.1, -0.05) is 6.07 Å². The van der Waals surface area contributed by atoms with E-state index in [0.29, 0.717) is 5.13 Å². The molecule has 2 heterocycles. The molecule has 0 fully saturated rings. The van der Waals surface area contributed by atoms with E-state index in [1.165, 1.54) is 46.7 Å². The number of nitrogens with zero attached hydrogens (tertiary/aromatic N) is 4. The number of carbonyl (C=O) groups is 1. The number of likely N-dealkylation sites (N-methyl/N-ethyl adjacent to an activating group) is 1. The summed E-state index contributed by atoms with van der Waals surface area (Å²) in [6.45, 7) is 1.78. The quantitative estimate of drug-likeness (QED) is 0.351. The van der Waals surface area contributed by atoms with E-state index in [2.05, 4.69) is 20.5 Å². The van der Waals surface area contributed by atoms with Crippen LogP contribution in [0.1, 0.15) is 10.6 Å². The number of carbonyl (C=O) groups excluding carboxylic acids is 1. The lowest BCUT2D eigenvalue weighted by atomic mass is 10.2. The Bertz CT molecular complexity index is 962. The maximum Gasteiger partial charge on any atom is 0.271 e. The Morgan fingerprint density at radius 3 is 3.07 bits per heavy atom. The normalized spacial score (nSPS) is 14.1. The predicted octanol–water partition coefficient (Wildman–Crippen LogP) is 2.50. The molecule has 0 unspecified atom stereocenters. The van der Waals surface area contributed by atoms with Gasteiger partial charge in [0.2, 0.25) is 0 Å². The van der Waals surface area contributed by atoms with Crippen molar-refractivity contribution in [1.82, 2.24) is 9.88 Å². The number of nitro groups is 1. The van der Waals surface area contributed by atoms with Crippen molar-refractivity contribution in [3.8, 4) is 6.07 Å². The molecule has 0 radical (unpaired) electrons. The predicted molar refractivity (Wildman–Crippen MR) is 101 cm³/mol. The summed E-state index contributed by atoms with van der Waals surface area (Å²) < 4.78 is 0. The molecule has 2 N–H and O–H groups in total.